The largest absolute Gasteiger partial charge is 0.377 e. The van der Waals surface area contributed by atoms with Crippen LogP contribution in [0.3, 0.4) is 0 Å². The fourth-order valence-corrected chi connectivity index (χ4v) is 2.13. The van der Waals surface area contributed by atoms with Crippen LogP contribution < -0.4 is 0 Å². The topological polar surface area (TPSA) is 18.5 Å². The zero-order valence-corrected chi connectivity index (χ0v) is 11.7. The van der Waals surface area contributed by atoms with E-state index in [0.29, 0.717) is 13.2 Å². The van der Waals surface area contributed by atoms with Crippen molar-refractivity contribution in [3.8, 4) is 0 Å². The summed E-state index contributed by atoms with van der Waals surface area (Å²) in [5.74, 6) is 0. The number of ether oxygens (including phenoxy) is 2. The molecule has 0 saturated carbocycles. The van der Waals surface area contributed by atoms with Gasteiger partial charge in [0.1, 0.15) is 0 Å². The second kappa shape index (κ2) is 6.77. The first-order chi connectivity index (χ1) is 8.11. The molecule has 0 bridgehead atoms. The summed E-state index contributed by atoms with van der Waals surface area (Å²) in [6, 6.07) is 2.23. The van der Waals surface area contributed by atoms with Crippen molar-refractivity contribution in [2.45, 2.75) is 47.8 Å². The number of aryl methyl sites for hydroxylation is 2. The Bertz CT molecular complexity index is 337. The molecule has 1 aromatic rings. The zero-order chi connectivity index (χ0) is 12.8. The molecule has 0 spiro atoms. The Morgan fingerprint density at radius 2 is 1.24 bits per heavy atom. The number of rotatable bonds is 6. The summed E-state index contributed by atoms with van der Waals surface area (Å²) in [4.78, 5) is 0. The van der Waals surface area contributed by atoms with Gasteiger partial charge in [0.2, 0.25) is 0 Å². The van der Waals surface area contributed by atoms with E-state index in [2.05, 4.69) is 26.8 Å². The van der Waals surface area contributed by atoms with Gasteiger partial charge in [0.05, 0.1) is 13.2 Å². The van der Waals surface area contributed by atoms with E-state index < -0.39 is 0 Å². The lowest BCUT2D eigenvalue weighted by atomic mass is 9.94. The molecule has 2 nitrogen and oxygen atoms in total. The lowest BCUT2D eigenvalue weighted by Crippen LogP contribution is -2.05. The van der Waals surface area contributed by atoms with Crippen LogP contribution in [0.2, 0.25) is 0 Å². The predicted octanol–water partition coefficient (Wildman–Crippen LogP) is 3.68. The van der Waals surface area contributed by atoms with Crippen LogP contribution in [0.5, 0.6) is 0 Å². The van der Waals surface area contributed by atoms with Gasteiger partial charge in [-0.15, -0.1) is 0 Å². The van der Waals surface area contributed by atoms with Gasteiger partial charge in [0, 0.05) is 13.2 Å². The minimum absolute atomic E-state index is 0.702. The van der Waals surface area contributed by atoms with Crippen molar-refractivity contribution in [2.75, 3.05) is 13.2 Å². The van der Waals surface area contributed by atoms with Gasteiger partial charge in [-0.05, 0) is 62.4 Å². The third-order valence-corrected chi connectivity index (χ3v) is 3.19. The summed E-state index contributed by atoms with van der Waals surface area (Å²) < 4.78 is 11.1. The van der Waals surface area contributed by atoms with E-state index >= 15 is 0 Å². The summed E-state index contributed by atoms with van der Waals surface area (Å²) in [6.45, 7) is 13.4. The Hall–Kier alpha value is -0.860. The maximum atomic E-state index is 5.54. The average molecular weight is 236 g/mol. The quantitative estimate of drug-likeness (QED) is 0.750. The number of hydrogen-bond acceptors (Lipinski definition) is 2. The second-order valence-electron chi connectivity index (χ2n) is 4.37. The monoisotopic (exact) mass is 236 g/mol. The summed E-state index contributed by atoms with van der Waals surface area (Å²) in [5, 5.41) is 0. The fourth-order valence-electron chi connectivity index (χ4n) is 2.13. The van der Waals surface area contributed by atoms with Gasteiger partial charge in [0.25, 0.3) is 0 Å². The highest BCUT2D eigenvalue weighted by Gasteiger charge is 2.10. The van der Waals surface area contributed by atoms with E-state index in [-0.39, 0.29) is 0 Å². The van der Waals surface area contributed by atoms with Gasteiger partial charge in [-0.25, -0.2) is 0 Å². The molecule has 0 aliphatic heterocycles. The molecule has 0 saturated heterocycles. The third-order valence-electron chi connectivity index (χ3n) is 3.19. The van der Waals surface area contributed by atoms with Crippen LogP contribution in [0, 0.1) is 20.8 Å². The lowest BCUT2D eigenvalue weighted by molar-refractivity contribution is 0.128. The SMILES string of the molecule is CCOCc1c(C)cc(C)c(COCC)c1C. The Morgan fingerprint density at radius 3 is 1.59 bits per heavy atom. The van der Waals surface area contributed by atoms with E-state index in [0.717, 1.165) is 13.2 Å². The molecule has 0 aliphatic carbocycles. The smallest absolute Gasteiger partial charge is 0.0721 e. The van der Waals surface area contributed by atoms with Crippen LogP contribution in [0.25, 0.3) is 0 Å². The lowest BCUT2D eigenvalue weighted by Gasteiger charge is -2.17. The molecule has 0 N–H and O–H groups in total. The molecule has 96 valence electrons. The molecule has 0 heterocycles. The summed E-state index contributed by atoms with van der Waals surface area (Å²) >= 11 is 0. The summed E-state index contributed by atoms with van der Waals surface area (Å²) in [7, 11) is 0. The summed E-state index contributed by atoms with van der Waals surface area (Å²) in [5.41, 5.74) is 6.58. The van der Waals surface area contributed by atoms with Crippen LogP contribution >= 0.6 is 0 Å². The Morgan fingerprint density at radius 1 is 0.824 bits per heavy atom. The highest BCUT2D eigenvalue weighted by Crippen LogP contribution is 2.23. The first kappa shape index (κ1) is 14.2. The van der Waals surface area contributed by atoms with Gasteiger partial charge in [-0.1, -0.05) is 6.07 Å². The van der Waals surface area contributed by atoms with Crippen molar-refractivity contribution in [3.63, 3.8) is 0 Å². The zero-order valence-electron chi connectivity index (χ0n) is 11.7. The minimum atomic E-state index is 0.702. The molecule has 0 unspecified atom stereocenters. The van der Waals surface area contributed by atoms with Gasteiger partial charge < -0.3 is 9.47 Å². The predicted molar refractivity (Wildman–Crippen MR) is 71.3 cm³/mol. The molecule has 1 rings (SSSR count). The van der Waals surface area contributed by atoms with Crippen LogP contribution in [0.1, 0.15) is 41.7 Å². The number of benzene rings is 1. The van der Waals surface area contributed by atoms with Crippen LogP contribution in [-0.4, -0.2) is 13.2 Å². The summed E-state index contributed by atoms with van der Waals surface area (Å²) in [6.07, 6.45) is 0. The fraction of sp³-hybridized carbons (Fsp3) is 0.600. The van der Waals surface area contributed by atoms with Crippen molar-refractivity contribution in [2.24, 2.45) is 0 Å². The number of hydrogen-bond donors (Lipinski definition) is 0. The molecule has 0 amide bonds. The molecule has 1 aromatic carbocycles. The Labute approximate surface area is 105 Å². The molecule has 0 radical (unpaired) electrons. The second-order valence-corrected chi connectivity index (χ2v) is 4.37. The molecule has 2 heteroatoms. The molecule has 0 atom stereocenters. The van der Waals surface area contributed by atoms with E-state index in [4.69, 9.17) is 9.47 Å². The van der Waals surface area contributed by atoms with Crippen molar-refractivity contribution >= 4 is 0 Å². The highest BCUT2D eigenvalue weighted by atomic mass is 16.5. The van der Waals surface area contributed by atoms with Gasteiger partial charge >= 0.3 is 0 Å². The van der Waals surface area contributed by atoms with Gasteiger partial charge in [0.15, 0.2) is 0 Å². The molecular formula is C15H24O2. The van der Waals surface area contributed by atoms with Crippen molar-refractivity contribution < 1.29 is 9.47 Å². The van der Waals surface area contributed by atoms with E-state index in [1.807, 2.05) is 13.8 Å². The van der Waals surface area contributed by atoms with Crippen molar-refractivity contribution in [1.82, 2.24) is 0 Å². The Kier molecular flexibility index (Phi) is 5.66. The van der Waals surface area contributed by atoms with Crippen LogP contribution in [0.15, 0.2) is 6.07 Å². The standard InChI is InChI=1S/C15H24O2/c1-6-16-9-14-11(3)8-12(4)15(13(14)5)10-17-7-2/h8H,6-7,9-10H2,1-5H3. The third kappa shape index (κ3) is 3.55. The van der Waals surface area contributed by atoms with E-state index in [9.17, 15) is 0 Å². The van der Waals surface area contributed by atoms with Gasteiger partial charge in [-0.2, -0.15) is 0 Å². The van der Waals surface area contributed by atoms with Crippen molar-refractivity contribution in [3.05, 3.63) is 33.9 Å². The van der Waals surface area contributed by atoms with Gasteiger partial charge in [-0.3, -0.25) is 0 Å². The van der Waals surface area contributed by atoms with E-state index in [1.165, 1.54) is 27.8 Å². The Balaban J connectivity index is 3.04. The average Bonchev–Trinajstić information content (AvgIpc) is 2.28. The van der Waals surface area contributed by atoms with E-state index in [1.54, 1.807) is 0 Å². The van der Waals surface area contributed by atoms with Crippen LogP contribution in [-0.2, 0) is 22.7 Å². The molecular weight excluding hydrogens is 212 g/mol. The normalized spacial score (nSPS) is 10.9. The first-order valence-corrected chi connectivity index (χ1v) is 6.35. The minimum Gasteiger partial charge on any atom is -0.377 e. The molecule has 0 aromatic heterocycles. The van der Waals surface area contributed by atoms with Crippen LogP contribution in [0.4, 0.5) is 0 Å². The molecule has 17 heavy (non-hydrogen) atoms. The highest BCUT2D eigenvalue weighted by molar-refractivity contribution is 5.44. The molecule has 0 aliphatic rings. The van der Waals surface area contributed by atoms with Crippen molar-refractivity contribution in [1.29, 1.82) is 0 Å². The maximum absolute atomic E-state index is 5.54. The maximum Gasteiger partial charge on any atom is 0.0721 e. The first-order valence-electron chi connectivity index (χ1n) is 6.35. The molecule has 0 fully saturated rings.